The third kappa shape index (κ3) is 3.00. The van der Waals surface area contributed by atoms with E-state index in [0.717, 1.165) is 12.1 Å². The van der Waals surface area contributed by atoms with Crippen LogP contribution in [0.4, 0.5) is 5.69 Å². The van der Waals surface area contributed by atoms with Crippen LogP contribution in [0.5, 0.6) is 5.75 Å². The summed E-state index contributed by atoms with van der Waals surface area (Å²) in [5, 5.41) is 0. The topological polar surface area (TPSA) is 59.1 Å². The minimum absolute atomic E-state index is 0.0430. The quantitative estimate of drug-likeness (QED) is 0.800. The second-order valence-corrected chi connectivity index (χ2v) is 8.24. The second kappa shape index (κ2) is 6.82. The molecule has 1 aromatic rings. The Balaban J connectivity index is 1.40. The van der Waals surface area contributed by atoms with Gasteiger partial charge in [-0.05, 0) is 43.2 Å². The van der Waals surface area contributed by atoms with Gasteiger partial charge in [0.1, 0.15) is 5.75 Å². The number of nitrogens with zero attached hydrogens (tertiary/aromatic N) is 2. The predicted molar refractivity (Wildman–Crippen MR) is 99.5 cm³/mol. The number of hydrogen-bond donors (Lipinski definition) is 0. The predicted octanol–water partition coefficient (Wildman–Crippen LogP) is 2.08. The molecule has 4 aliphatic rings. The Morgan fingerprint density at radius 3 is 2.56 bits per heavy atom. The van der Waals surface area contributed by atoms with Crippen LogP contribution in [-0.4, -0.2) is 55.7 Å². The van der Waals surface area contributed by atoms with E-state index >= 15 is 0 Å². The number of para-hydroxylation sites is 2. The van der Waals surface area contributed by atoms with Gasteiger partial charge in [0.15, 0.2) is 6.10 Å². The lowest BCUT2D eigenvalue weighted by Crippen LogP contribution is -2.55. The molecule has 2 amide bonds. The van der Waals surface area contributed by atoms with Gasteiger partial charge in [-0.1, -0.05) is 18.6 Å². The molecule has 27 heavy (non-hydrogen) atoms. The van der Waals surface area contributed by atoms with Crippen LogP contribution in [-0.2, 0) is 14.3 Å². The van der Waals surface area contributed by atoms with Crippen molar-refractivity contribution in [2.45, 2.75) is 31.8 Å². The average Bonchev–Trinajstić information content (AvgIpc) is 3.36. The molecule has 2 heterocycles. The van der Waals surface area contributed by atoms with Crippen molar-refractivity contribution in [2.75, 3.05) is 37.7 Å². The lowest BCUT2D eigenvalue weighted by atomic mass is 9.87. The molecule has 2 saturated carbocycles. The van der Waals surface area contributed by atoms with Crippen molar-refractivity contribution >= 4 is 17.5 Å². The monoisotopic (exact) mass is 370 g/mol. The number of rotatable bonds is 2. The van der Waals surface area contributed by atoms with E-state index in [1.165, 1.54) is 19.3 Å². The van der Waals surface area contributed by atoms with E-state index in [1.807, 2.05) is 29.2 Å². The number of ether oxygens (including phenoxy) is 2. The summed E-state index contributed by atoms with van der Waals surface area (Å²) in [6.45, 7) is 2.59. The summed E-state index contributed by atoms with van der Waals surface area (Å²) < 4.78 is 11.4. The van der Waals surface area contributed by atoms with E-state index in [9.17, 15) is 9.59 Å². The van der Waals surface area contributed by atoms with E-state index in [2.05, 4.69) is 0 Å². The minimum atomic E-state index is -0.638. The third-order valence-electron chi connectivity index (χ3n) is 6.69. The van der Waals surface area contributed by atoms with Gasteiger partial charge in [0.2, 0.25) is 5.91 Å². The SMILES string of the molecule is O=C([C@@H]1CN(C(=O)[C@@H]2C[C@H]3CC[C@H]2C3)c2ccccc2O1)N1CCOCC1. The maximum Gasteiger partial charge on any atom is 0.265 e. The molecule has 0 spiro atoms. The van der Waals surface area contributed by atoms with Crippen molar-refractivity contribution in [3.8, 4) is 5.75 Å². The van der Waals surface area contributed by atoms with Crippen LogP contribution in [0.1, 0.15) is 25.7 Å². The van der Waals surface area contributed by atoms with Gasteiger partial charge in [-0.3, -0.25) is 9.59 Å². The first-order valence-corrected chi connectivity index (χ1v) is 10.1. The number of amides is 2. The fourth-order valence-corrected chi connectivity index (χ4v) is 5.31. The molecule has 1 aromatic carbocycles. The highest BCUT2D eigenvalue weighted by atomic mass is 16.5. The molecule has 2 aliphatic heterocycles. The first-order valence-electron chi connectivity index (χ1n) is 10.1. The first kappa shape index (κ1) is 17.0. The summed E-state index contributed by atoms with van der Waals surface area (Å²) >= 11 is 0. The minimum Gasteiger partial charge on any atom is -0.476 e. The molecule has 2 aliphatic carbocycles. The fourth-order valence-electron chi connectivity index (χ4n) is 5.31. The summed E-state index contributed by atoms with van der Waals surface area (Å²) in [5.74, 6) is 2.11. The lowest BCUT2D eigenvalue weighted by Gasteiger charge is -2.39. The summed E-state index contributed by atoms with van der Waals surface area (Å²) in [5.41, 5.74) is 0.802. The summed E-state index contributed by atoms with van der Waals surface area (Å²) in [4.78, 5) is 30.0. The molecular formula is C21H26N2O4. The first-order chi connectivity index (χ1) is 13.2. The standard InChI is InChI=1S/C21H26N2O4/c24-20(16-12-14-5-6-15(16)11-14)23-13-19(21(25)22-7-9-26-10-8-22)27-18-4-2-1-3-17(18)23/h1-4,14-16,19H,5-13H2/t14-,15-,16+,19-/m0/s1. The second-order valence-electron chi connectivity index (χ2n) is 8.24. The Bertz CT molecular complexity index is 745. The maximum absolute atomic E-state index is 13.4. The van der Waals surface area contributed by atoms with Crippen LogP contribution in [0.2, 0.25) is 0 Å². The van der Waals surface area contributed by atoms with Gasteiger partial charge in [0.25, 0.3) is 5.91 Å². The van der Waals surface area contributed by atoms with Crippen LogP contribution in [0.25, 0.3) is 0 Å². The number of carbonyl (C=O) groups is 2. The molecule has 144 valence electrons. The Hall–Kier alpha value is -2.08. The van der Waals surface area contributed by atoms with Gasteiger partial charge >= 0.3 is 0 Å². The lowest BCUT2D eigenvalue weighted by molar-refractivity contribution is -0.143. The van der Waals surface area contributed by atoms with Crippen LogP contribution in [0.3, 0.4) is 0 Å². The molecule has 6 nitrogen and oxygen atoms in total. The number of benzene rings is 1. The van der Waals surface area contributed by atoms with Crippen molar-refractivity contribution < 1.29 is 19.1 Å². The van der Waals surface area contributed by atoms with Crippen LogP contribution < -0.4 is 9.64 Å². The van der Waals surface area contributed by atoms with Gasteiger partial charge in [-0.25, -0.2) is 0 Å². The molecule has 1 saturated heterocycles. The molecule has 0 N–H and O–H groups in total. The molecular weight excluding hydrogens is 344 g/mol. The molecule has 4 atom stereocenters. The van der Waals surface area contributed by atoms with Gasteiger partial charge in [-0.15, -0.1) is 0 Å². The molecule has 0 aromatic heterocycles. The number of morpholine rings is 1. The molecule has 2 bridgehead atoms. The van der Waals surface area contributed by atoms with Crippen LogP contribution in [0, 0.1) is 17.8 Å². The van der Waals surface area contributed by atoms with Crippen molar-refractivity contribution in [3.63, 3.8) is 0 Å². The van der Waals surface area contributed by atoms with Gasteiger partial charge < -0.3 is 19.3 Å². The fraction of sp³-hybridized carbons (Fsp3) is 0.619. The molecule has 3 fully saturated rings. The zero-order chi connectivity index (χ0) is 18.4. The summed E-state index contributed by atoms with van der Waals surface area (Å²) in [6.07, 6.45) is 4.00. The summed E-state index contributed by atoms with van der Waals surface area (Å²) in [7, 11) is 0. The highest BCUT2D eigenvalue weighted by molar-refractivity contribution is 5.99. The van der Waals surface area contributed by atoms with Gasteiger partial charge in [0.05, 0.1) is 25.4 Å². The number of carbonyl (C=O) groups excluding carboxylic acids is 2. The normalized spacial score (nSPS) is 32.1. The Labute approximate surface area is 159 Å². The van der Waals surface area contributed by atoms with E-state index in [-0.39, 0.29) is 17.7 Å². The Morgan fingerprint density at radius 2 is 1.81 bits per heavy atom. The van der Waals surface area contributed by atoms with E-state index in [0.29, 0.717) is 50.4 Å². The van der Waals surface area contributed by atoms with Crippen LogP contribution in [0.15, 0.2) is 24.3 Å². The van der Waals surface area contributed by atoms with Crippen molar-refractivity contribution in [1.82, 2.24) is 4.90 Å². The average molecular weight is 370 g/mol. The molecule has 0 radical (unpaired) electrons. The van der Waals surface area contributed by atoms with Crippen molar-refractivity contribution in [1.29, 1.82) is 0 Å². The molecule has 0 unspecified atom stereocenters. The Morgan fingerprint density at radius 1 is 1.00 bits per heavy atom. The van der Waals surface area contributed by atoms with E-state index < -0.39 is 6.10 Å². The number of anilines is 1. The number of fused-ring (bicyclic) bond motifs is 3. The third-order valence-corrected chi connectivity index (χ3v) is 6.69. The van der Waals surface area contributed by atoms with Crippen molar-refractivity contribution in [3.05, 3.63) is 24.3 Å². The Kier molecular flexibility index (Phi) is 4.31. The van der Waals surface area contributed by atoms with E-state index in [1.54, 1.807) is 4.90 Å². The zero-order valence-electron chi connectivity index (χ0n) is 15.5. The van der Waals surface area contributed by atoms with Gasteiger partial charge in [-0.2, -0.15) is 0 Å². The van der Waals surface area contributed by atoms with E-state index in [4.69, 9.17) is 9.47 Å². The largest absolute Gasteiger partial charge is 0.476 e. The van der Waals surface area contributed by atoms with Gasteiger partial charge in [0, 0.05) is 19.0 Å². The molecule has 6 heteroatoms. The zero-order valence-corrected chi connectivity index (χ0v) is 15.5. The maximum atomic E-state index is 13.4. The summed E-state index contributed by atoms with van der Waals surface area (Å²) in [6, 6.07) is 7.60. The van der Waals surface area contributed by atoms with Crippen molar-refractivity contribution in [2.24, 2.45) is 17.8 Å². The van der Waals surface area contributed by atoms with Crippen LogP contribution >= 0.6 is 0 Å². The highest BCUT2D eigenvalue weighted by Gasteiger charge is 2.46. The smallest absolute Gasteiger partial charge is 0.265 e. The molecule has 5 rings (SSSR count). The highest BCUT2D eigenvalue weighted by Crippen LogP contribution is 2.49. The number of hydrogen-bond acceptors (Lipinski definition) is 4.